The molecule has 118 valence electrons. The van der Waals surface area contributed by atoms with Crippen molar-refractivity contribution < 1.29 is 19.1 Å². The van der Waals surface area contributed by atoms with Crippen LogP contribution in [0.1, 0.15) is 0 Å². The van der Waals surface area contributed by atoms with Crippen LogP contribution in [0.15, 0.2) is 42.7 Å². The molecule has 1 aliphatic heterocycles. The zero-order valence-corrected chi connectivity index (χ0v) is 12.1. The first-order valence-corrected chi connectivity index (χ1v) is 6.96. The largest absolute Gasteiger partial charge is 0.431 e. The molecule has 2 amide bonds. The zero-order chi connectivity index (χ0) is 16.1. The second kappa shape index (κ2) is 6.84. The van der Waals surface area contributed by atoms with Gasteiger partial charge in [-0.15, -0.1) is 0 Å². The Morgan fingerprint density at radius 2 is 1.96 bits per heavy atom. The number of carbonyl (C=O) groups is 2. The average molecular weight is 314 g/mol. The number of morpholine rings is 1. The van der Waals surface area contributed by atoms with Crippen LogP contribution >= 0.6 is 0 Å². The maximum atomic E-state index is 11.8. The van der Waals surface area contributed by atoms with Crippen molar-refractivity contribution in [3.63, 3.8) is 0 Å². The molecule has 1 fully saturated rings. The average Bonchev–Trinajstić information content (AvgIpc) is 2.58. The maximum Gasteiger partial charge on any atom is 0.431 e. The van der Waals surface area contributed by atoms with Gasteiger partial charge in [-0.1, -0.05) is 30.3 Å². The Hall–Kier alpha value is -3.00. The van der Waals surface area contributed by atoms with E-state index in [4.69, 9.17) is 9.47 Å². The highest BCUT2D eigenvalue weighted by molar-refractivity contribution is 5.81. The van der Waals surface area contributed by atoms with Gasteiger partial charge in [0.05, 0.1) is 25.5 Å². The van der Waals surface area contributed by atoms with Crippen molar-refractivity contribution >= 4 is 12.0 Å². The van der Waals surface area contributed by atoms with E-state index in [1.165, 1.54) is 12.4 Å². The third-order valence-corrected chi connectivity index (χ3v) is 3.08. The Labute approximate surface area is 132 Å². The van der Waals surface area contributed by atoms with E-state index in [-0.39, 0.29) is 24.8 Å². The Morgan fingerprint density at radius 1 is 1.22 bits per heavy atom. The molecule has 23 heavy (non-hydrogen) atoms. The van der Waals surface area contributed by atoms with Gasteiger partial charge in [0.2, 0.25) is 0 Å². The van der Waals surface area contributed by atoms with E-state index >= 15 is 0 Å². The Bertz CT molecular complexity index is 690. The number of benzene rings is 1. The third-order valence-electron chi connectivity index (χ3n) is 3.08. The molecule has 2 aromatic rings. The van der Waals surface area contributed by atoms with Crippen molar-refractivity contribution in [2.75, 3.05) is 19.8 Å². The van der Waals surface area contributed by atoms with Crippen LogP contribution < -0.4 is 10.2 Å². The van der Waals surface area contributed by atoms with E-state index in [1.54, 1.807) is 0 Å². The lowest BCUT2D eigenvalue weighted by molar-refractivity contribution is -0.145. The predicted octanol–water partition coefficient (Wildman–Crippen LogP) is 1.01. The SMILES string of the molecule is O=C(NN1CCOCC1=O)Oc1cnc(-c2ccccc2)nc1. The van der Waals surface area contributed by atoms with E-state index < -0.39 is 6.09 Å². The molecule has 0 saturated carbocycles. The number of ether oxygens (including phenoxy) is 2. The summed E-state index contributed by atoms with van der Waals surface area (Å²) in [5, 5.41) is 1.16. The molecular weight excluding hydrogens is 300 g/mol. The molecule has 3 rings (SSSR count). The van der Waals surface area contributed by atoms with E-state index in [9.17, 15) is 9.59 Å². The maximum absolute atomic E-state index is 11.8. The minimum absolute atomic E-state index is 0.0604. The summed E-state index contributed by atoms with van der Waals surface area (Å²) in [6, 6.07) is 9.43. The lowest BCUT2D eigenvalue weighted by Crippen LogP contribution is -2.52. The van der Waals surface area contributed by atoms with E-state index in [1.807, 2.05) is 30.3 Å². The molecule has 8 heteroatoms. The smallest absolute Gasteiger partial charge is 0.406 e. The highest BCUT2D eigenvalue weighted by Crippen LogP contribution is 2.15. The fourth-order valence-corrected chi connectivity index (χ4v) is 1.98. The molecule has 1 aliphatic rings. The number of amides is 2. The summed E-state index contributed by atoms with van der Waals surface area (Å²) in [6.45, 7) is 0.577. The molecule has 2 heterocycles. The molecule has 8 nitrogen and oxygen atoms in total. The minimum atomic E-state index is -0.781. The summed E-state index contributed by atoms with van der Waals surface area (Å²) in [5.74, 6) is 0.383. The summed E-state index contributed by atoms with van der Waals surface area (Å²) < 4.78 is 10.0. The molecule has 0 atom stereocenters. The van der Waals surface area contributed by atoms with Gasteiger partial charge in [-0.2, -0.15) is 0 Å². The summed E-state index contributed by atoms with van der Waals surface area (Å²) in [7, 11) is 0. The van der Waals surface area contributed by atoms with Gasteiger partial charge >= 0.3 is 6.09 Å². The number of hydrogen-bond acceptors (Lipinski definition) is 6. The Morgan fingerprint density at radius 3 is 2.65 bits per heavy atom. The van der Waals surface area contributed by atoms with Gasteiger partial charge < -0.3 is 9.47 Å². The molecule has 1 saturated heterocycles. The standard InChI is InChI=1S/C15H14N4O4/c20-13-10-22-7-6-19(13)18-15(21)23-12-8-16-14(17-9-12)11-4-2-1-3-5-11/h1-5,8-9H,6-7,10H2,(H,18,21). The summed E-state index contributed by atoms with van der Waals surface area (Å²) in [6.07, 6.45) is 2.02. The number of hydrazine groups is 1. The fourth-order valence-electron chi connectivity index (χ4n) is 1.98. The monoisotopic (exact) mass is 314 g/mol. The Balaban J connectivity index is 1.59. The van der Waals surface area contributed by atoms with Gasteiger partial charge in [0.15, 0.2) is 11.6 Å². The van der Waals surface area contributed by atoms with Crippen molar-refractivity contribution in [3.05, 3.63) is 42.7 Å². The zero-order valence-electron chi connectivity index (χ0n) is 12.1. The van der Waals surface area contributed by atoms with Gasteiger partial charge in [-0.25, -0.2) is 25.2 Å². The van der Waals surface area contributed by atoms with Crippen molar-refractivity contribution in [1.29, 1.82) is 0 Å². The number of rotatable bonds is 3. The van der Waals surface area contributed by atoms with E-state index in [2.05, 4.69) is 15.4 Å². The first-order valence-electron chi connectivity index (χ1n) is 6.96. The Kier molecular flexibility index (Phi) is 4.44. The van der Waals surface area contributed by atoms with Crippen LogP contribution in [0.4, 0.5) is 4.79 Å². The van der Waals surface area contributed by atoms with Crippen molar-refractivity contribution in [1.82, 2.24) is 20.4 Å². The summed E-state index contributed by atoms with van der Waals surface area (Å²) in [5.41, 5.74) is 3.21. The lowest BCUT2D eigenvalue weighted by atomic mass is 10.2. The highest BCUT2D eigenvalue weighted by Gasteiger charge is 2.21. The normalized spacial score (nSPS) is 14.4. The minimum Gasteiger partial charge on any atom is -0.406 e. The molecule has 0 spiro atoms. The van der Waals surface area contributed by atoms with Crippen LogP contribution in [0.3, 0.4) is 0 Å². The molecule has 0 bridgehead atoms. The number of nitrogens with zero attached hydrogens (tertiary/aromatic N) is 3. The van der Waals surface area contributed by atoms with Crippen LogP contribution in [0.2, 0.25) is 0 Å². The van der Waals surface area contributed by atoms with Gasteiger partial charge in [0.1, 0.15) is 6.61 Å². The van der Waals surface area contributed by atoms with E-state index in [0.717, 1.165) is 10.6 Å². The highest BCUT2D eigenvalue weighted by atomic mass is 16.6. The number of carbonyl (C=O) groups excluding carboxylic acids is 2. The fraction of sp³-hybridized carbons (Fsp3) is 0.200. The summed E-state index contributed by atoms with van der Waals surface area (Å²) in [4.78, 5) is 31.5. The summed E-state index contributed by atoms with van der Waals surface area (Å²) >= 11 is 0. The van der Waals surface area contributed by atoms with Crippen molar-refractivity contribution in [2.24, 2.45) is 0 Å². The van der Waals surface area contributed by atoms with Crippen LogP contribution in [-0.2, 0) is 9.53 Å². The lowest BCUT2D eigenvalue weighted by Gasteiger charge is -2.26. The van der Waals surface area contributed by atoms with Crippen molar-refractivity contribution in [3.8, 4) is 17.1 Å². The van der Waals surface area contributed by atoms with Crippen LogP contribution in [0.5, 0.6) is 5.75 Å². The molecule has 1 aromatic heterocycles. The number of nitrogens with one attached hydrogen (secondary N) is 1. The first-order chi connectivity index (χ1) is 11.2. The number of hydrogen-bond donors (Lipinski definition) is 1. The first kappa shape index (κ1) is 14.9. The van der Waals surface area contributed by atoms with Gasteiger partial charge in [-0.05, 0) is 0 Å². The van der Waals surface area contributed by atoms with Crippen molar-refractivity contribution in [2.45, 2.75) is 0 Å². The molecule has 1 aromatic carbocycles. The van der Waals surface area contributed by atoms with Crippen LogP contribution in [0, 0.1) is 0 Å². The molecule has 0 radical (unpaired) electrons. The number of aromatic nitrogens is 2. The van der Waals surface area contributed by atoms with Gasteiger partial charge in [0, 0.05) is 5.56 Å². The van der Waals surface area contributed by atoms with Gasteiger partial charge in [0.25, 0.3) is 5.91 Å². The van der Waals surface area contributed by atoms with Crippen LogP contribution in [0.25, 0.3) is 11.4 Å². The van der Waals surface area contributed by atoms with Gasteiger partial charge in [-0.3, -0.25) is 4.79 Å². The molecular formula is C15H14N4O4. The third kappa shape index (κ3) is 3.80. The molecule has 0 unspecified atom stereocenters. The quantitative estimate of drug-likeness (QED) is 0.908. The van der Waals surface area contributed by atoms with E-state index in [0.29, 0.717) is 12.4 Å². The second-order valence-electron chi connectivity index (χ2n) is 4.71. The predicted molar refractivity (Wildman–Crippen MR) is 79.2 cm³/mol. The molecule has 0 aliphatic carbocycles. The second-order valence-corrected chi connectivity index (χ2v) is 4.71. The topological polar surface area (TPSA) is 93.7 Å². The van der Waals surface area contributed by atoms with Crippen LogP contribution in [-0.4, -0.2) is 46.7 Å². The molecule has 1 N–H and O–H groups in total.